The van der Waals surface area contributed by atoms with Crippen LogP contribution in [0.25, 0.3) is 0 Å². The first kappa shape index (κ1) is 10.1. The van der Waals surface area contributed by atoms with E-state index in [-0.39, 0.29) is 5.97 Å². The summed E-state index contributed by atoms with van der Waals surface area (Å²) in [6.07, 6.45) is 0. The first-order valence-corrected chi connectivity index (χ1v) is 4.29. The van der Waals surface area contributed by atoms with Crippen LogP contribution in [-0.4, -0.2) is 13.1 Å². The maximum Gasteiger partial charge on any atom is 0.337 e. The molecule has 0 aromatic heterocycles. The highest BCUT2D eigenvalue weighted by molar-refractivity contribution is 6.32. The Bertz CT molecular complexity index is 322. The Morgan fingerprint density at radius 3 is 2.15 bits per heavy atom. The Kier molecular flexibility index (Phi) is 2.94. The van der Waals surface area contributed by atoms with Gasteiger partial charge in [0.1, 0.15) is 0 Å². The molecule has 0 bridgehead atoms. The molecule has 1 rings (SSSR count). The van der Waals surface area contributed by atoms with Gasteiger partial charge in [0.2, 0.25) is 0 Å². The number of ether oxygens (including phenoxy) is 1. The summed E-state index contributed by atoms with van der Waals surface area (Å²) >= 11 is 5.95. The molecule has 1 aromatic carbocycles. The minimum atomic E-state index is -0.331. The predicted molar refractivity (Wildman–Crippen MR) is 52.3 cm³/mol. The fourth-order valence-electron chi connectivity index (χ4n) is 1.18. The largest absolute Gasteiger partial charge is 0.465 e. The number of rotatable bonds is 1. The fraction of sp³-hybridized carbons (Fsp3) is 0.300. The molecule has 1 aromatic rings. The second-order valence-electron chi connectivity index (χ2n) is 2.92. The van der Waals surface area contributed by atoms with Gasteiger partial charge in [-0.2, -0.15) is 0 Å². The summed E-state index contributed by atoms with van der Waals surface area (Å²) in [5.41, 5.74) is 2.33. The van der Waals surface area contributed by atoms with Gasteiger partial charge in [0.25, 0.3) is 0 Å². The highest BCUT2D eigenvalue weighted by atomic mass is 35.5. The molecule has 3 heteroatoms. The molecule has 0 amide bonds. The zero-order valence-electron chi connectivity index (χ0n) is 7.85. The summed E-state index contributed by atoms with van der Waals surface area (Å²) in [5.74, 6) is -0.331. The van der Waals surface area contributed by atoms with Crippen LogP contribution in [0.2, 0.25) is 5.02 Å². The summed E-state index contributed by atoms with van der Waals surface area (Å²) in [5, 5.41) is 0.702. The van der Waals surface area contributed by atoms with Gasteiger partial charge in [-0.15, -0.1) is 0 Å². The van der Waals surface area contributed by atoms with Crippen LogP contribution in [0.5, 0.6) is 0 Å². The second kappa shape index (κ2) is 3.79. The van der Waals surface area contributed by atoms with E-state index in [1.807, 2.05) is 13.8 Å². The first-order chi connectivity index (χ1) is 6.06. The number of carbonyl (C=O) groups is 1. The Morgan fingerprint density at radius 1 is 1.31 bits per heavy atom. The van der Waals surface area contributed by atoms with E-state index in [0.29, 0.717) is 10.6 Å². The smallest absolute Gasteiger partial charge is 0.337 e. The standard InChI is InChI=1S/C10H11ClO2/c1-6-4-8(10(12)13-3)5-7(2)9(6)11/h4-5H,1-3H3. The maximum atomic E-state index is 11.2. The SMILES string of the molecule is COC(=O)c1cc(C)c(Cl)c(C)c1. The average Bonchev–Trinajstić information content (AvgIpc) is 2.12. The van der Waals surface area contributed by atoms with Crippen LogP contribution < -0.4 is 0 Å². The fourth-order valence-corrected chi connectivity index (χ4v) is 1.29. The van der Waals surface area contributed by atoms with Gasteiger partial charge < -0.3 is 4.74 Å². The number of halogens is 1. The van der Waals surface area contributed by atoms with E-state index < -0.39 is 0 Å². The van der Waals surface area contributed by atoms with Crippen molar-refractivity contribution in [3.05, 3.63) is 33.8 Å². The van der Waals surface area contributed by atoms with E-state index in [1.54, 1.807) is 12.1 Å². The number of methoxy groups -OCH3 is 1. The van der Waals surface area contributed by atoms with Gasteiger partial charge in [0.05, 0.1) is 12.7 Å². The highest BCUT2D eigenvalue weighted by Crippen LogP contribution is 2.21. The lowest BCUT2D eigenvalue weighted by Gasteiger charge is -2.05. The number of hydrogen-bond donors (Lipinski definition) is 0. The van der Waals surface area contributed by atoms with Crippen molar-refractivity contribution < 1.29 is 9.53 Å². The molecule has 2 nitrogen and oxygen atoms in total. The van der Waals surface area contributed by atoms with Gasteiger partial charge in [0.15, 0.2) is 0 Å². The number of esters is 1. The molecular formula is C10H11ClO2. The molecule has 0 heterocycles. The van der Waals surface area contributed by atoms with Crippen LogP contribution in [0, 0.1) is 13.8 Å². The van der Waals surface area contributed by atoms with Crippen molar-refractivity contribution in [1.29, 1.82) is 0 Å². The van der Waals surface area contributed by atoms with E-state index in [0.717, 1.165) is 11.1 Å². The highest BCUT2D eigenvalue weighted by Gasteiger charge is 2.08. The zero-order valence-corrected chi connectivity index (χ0v) is 8.61. The van der Waals surface area contributed by atoms with E-state index in [9.17, 15) is 4.79 Å². The van der Waals surface area contributed by atoms with E-state index in [1.165, 1.54) is 7.11 Å². The van der Waals surface area contributed by atoms with Crippen molar-refractivity contribution in [1.82, 2.24) is 0 Å². The van der Waals surface area contributed by atoms with Gasteiger partial charge >= 0.3 is 5.97 Å². The van der Waals surface area contributed by atoms with Crippen molar-refractivity contribution in [3.63, 3.8) is 0 Å². The summed E-state index contributed by atoms with van der Waals surface area (Å²) < 4.78 is 4.60. The van der Waals surface area contributed by atoms with Crippen LogP contribution in [0.15, 0.2) is 12.1 Å². The van der Waals surface area contributed by atoms with Crippen molar-refractivity contribution >= 4 is 17.6 Å². The average molecular weight is 199 g/mol. The van der Waals surface area contributed by atoms with Crippen LogP contribution in [0.1, 0.15) is 21.5 Å². The van der Waals surface area contributed by atoms with E-state index in [4.69, 9.17) is 11.6 Å². The normalized spacial score (nSPS) is 9.85. The Hall–Kier alpha value is -1.02. The molecule has 0 aliphatic rings. The third-order valence-electron chi connectivity index (χ3n) is 1.86. The Balaban J connectivity index is 3.20. The quantitative estimate of drug-likeness (QED) is 0.649. The second-order valence-corrected chi connectivity index (χ2v) is 3.29. The molecular weight excluding hydrogens is 188 g/mol. The lowest BCUT2D eigenvalue weighted by molar-refractivity contribution is 0.0600. The Morgan fingerprint density at radius 2 is 1.77 bits per heavy atom. The molecule has 70 valence electrons. The number of aryl methyl sites for hydroxylation is 2. The summed E-state index contributed by atoms with van der Waals surface area (Å²) in [6.45, 7) is 3.73. The monoisotopic (exact) mass is 198 g/mol. The van der Waals surface area contributed by atoms with Crippen molar-refractivity contribution in [2.45, 2.75) is 13.8 Å². The van der Waals surface area contributed by atoms with Gasteiger partial charge in [0, 0.05) is 5.02 Å². The third-order valence-corrected chi connectivity index (χ3v) is 2.45. The molecule has 0 aliphatic heterocycles. The summed E-state index contributed by atoms with van der Waals surface area (Å²) in [7, 11) is 1.36. The molecule has 0 saturated heterocycles. The van der Waals surface area contributed by atoms with Crippen LogP contribution >= 0.6 is 11.6 Å². The van der Waals surface area contributed by atoms with Crippen LogP contribution in [0.4, 0.5) is 0 Å². The molecule has 0 saturated carbocycles. The van der Waals surface area contributed by atoms with Gasteiger partial charge in [-0.05, 0) is 37.1 Å². The van der Waals surface area contributed by atoms with Gasteiger partial charge in [-0.3, -0.25) is 0 Å². The molecule has 0 spiro atoms. The van der Waals surface area contributed by atoms with E-state index >= 15 is 0 Å². The first-order valence-electron chi connectivity index (χ1n) is 3.91. The van der Waals surface area contributed by atoms with Crippen LogP contribution in [-0.2, 0) is 4.74 Å². The summed E-state index contributed by atoms with van der Waals surface area (Å²) in [6, 6.07) is 3.45. The number of carbonyl (C=O) groups excluding carboxylic acids is 1. The molecule has 0 atom stereocenters. The molecule has 0 aliphatic carbocycles. The number of benzene rings is 1. The lowest BCUT2D eigenvalue weighted by atomic mass is 10.1. The van der Waals surface area contributed by atoms with Crippen LogP contribution in [0.3, 0.4) is 0 Å². The minimum absolute atomic E-state index is 0.331. The Labute approximate surface area is 82.5 Å². The minimum Gasteiger partial charge on any atom is -0.465 e. The lowest BCUT2D eigenvalue weighted by Crippen LogP contribution is -2.02. The number of hydrogen-bond acceptors (Lipinski definition) is 2. The molecule has 0 unspecified atom stereocenters. The topological polar surface area (TPSA) is 26.3 Å². The summed E-state index contributed by atoms with van der Waals surface area (Å²) in [4.78, 5) is 11.2. The van der Waals surface area contributed by atoms with E-state index in [2.05, 4.69) is 4.74 Å². The van der Waals surface area contributed by atoms with Crippen molar-refractivity contribution in [2.75, 3.05) is 7.11 Å². The zero-order chi connectivity index (χ0) is 10.0. The van der Waals surface area contributed by atoms with Gasteiger partial charge in [-0.25, -0.2) is 4.79 Å². The maximum absolute atomic E-state index is 11.2. The van der Waals surface area contributed by atoms with Crippen molar-refractivity contribution in [3.8, 4) is 0 Å². The molecule has 0 N–H and O–H groups in total. The molecule has 0 fully saturated rings. The molecule has 0 radical (unpaired) electrons. The third kappa shape index (κ3) is 2.01. The molecule has 13 heavy (non-hydrogen) atoms. The van der Waals surface area contributed by atoms with Gasteiger partial charge in [-0.1, -0.05) is 11.6 Å². The van der Waals surface area contributed by atoms with Crippen molar-refractivity contribution in [2.24, 2.45) is 0 Å². The predicted octanol–water partition coefficient (Wildman–Crippen LogP) is 2.74.